The molecule has 8 aromatic rings. The summed E-state index contributed by atoms with van der Waals surface area (Å²) in [5, 5.41) is 0. The molecule has 4 bridgehead atoms. The smallest absolute Gasteiger partial charge is 0.252 e. The molecule has 5 aliphatic rings. The fourth-order valence-electron chi connectivity index (χ4n) is 15.1. The highest BCUT2D eigenvalue weighted by atomic mass is 15.3. The highest BCUT2D eigenvalue weighted by Gasteiger charge is 2.64. The van der Waals surface area contributed by atoms with Gasteiger partial charge in [-0.1, -0.05) is 206 Å². The van der Waals surface area contributed by atoms with Crippen LogP contribution in [0.2, 0.25) is 0 Å². The molecule has 1 saturated carbocycles. The average molecular weight is 994 g/mol. The van der Waals surface area contributed by atoms with Crippen LogP contribution in [0.25, 0.3) is 22.3 Å². The van der Waals surface area contributed by atoms with Crippen LogP contribution < -0.4 is 31.1 Å². The minimum absolute atomic E-state index is 0.0187. The minimum atomic E-state index is -0.253. The van der Waals surface area contributed by atoms with E-state index in [1.165, 1.54) is 118 Å². The van der Waals surface area contributed by atoms with Crippen LogP contribution in [0.5, 0.6) is 0 Å². The highest BCUT2D eigenvalue weighted by Crippen LogP contribution is 2.67. The van der Waals surface area contributed by atoms with Gasteiger partial charge in [0.2, 0.25) is 0 Å². The molecule has 76 heavy (non-hydrogen) atoms. The zero-order valence-corrected chi connectivity index (χ0v) is 47.9. The normalized spacial score (nSPS) is 20.4. The Hall–Kier alpha value is -6.78. The molecule has 4 heteroatoms. The van der Waals surface area contributed by atoms with Crippen LogP contribution in [0, 0.1) is 5.41 Å². The predicted octanol–water partition coefficient (Wildman–Crippen LogP) is 17.6. The Morgan fingerprint density at radius 1 is 0.408 bits per heavy atom. The first kappa shape index (κ1) is 48.8. The molecule has 4 heterocycles. The van der Waals surface area contributed by atoms with Crippen LogP contribution >= 0.6 is 0 Å². The van der Waals surface area contributed by atoms with Gasteiger partial charge in [-0.25, -0.2) is 0 Å². The van der Waals surface area contributed by atoms with E-state index in [1.807, 2.05) is 0 Å². The van der Waals surface area contributed by atoms with Crippen LogP contribution in [0.15, 0.2) is 164 Å². The summed E-state index contributed by atoms with van der Waals surface area (Å²) in [5.74, 6) is 0. The summed E-state index contributed by atoms with van der Waals surface area (Å²) in [7, 11) is 0. The molecule has 13 rings (SSSR count). The number of benzene rings is 8. The van der Waals surface area contributed by atoms with E-state index in [0.717, 1.165) is 12.8 Å². The molecular formula is C72H76BN3. The Morgan fingerprint density at radius 3 is 1.57 bits per heavy atom. The van der Waals surface area contributed by atoms with Crippen LogP contribution in [-0.4, -0.2) is 12.3 Å². The summed E-state index contributed by atoms with van der Waals surface area (Å²) in [6, 6.07) is 64.9. The van der Waals surface area contributed by atoms with Gasteiger partial charge in [0, 0.05) is 56.1 Å². The molecule has 2 unspecified atom stereocenters. The van der Waals surface area contributed by atoms with Gasteiger partial charge >= 0.3 is 0 Å². The lowest BCUT2D eigenvalue weighted by Gasteiger charge is -2.47. The van der Waals surface area contributed by atoms with E-state index < -0.39 is 0 Å². The van der Waals surface area contributed by atoms with E-state index >= 15 is 0 Å². The second-order valence-corrected chi connectivity index (χ2v) is 28.3. The van der Waals surface area contributed by atoms with Crippen molar-refractivity contribution in [2.24, 2.45) is 5.41 Å². The molecule has 1 fully saturated rings. The fraction of sp³-hybridized carbons (Fsp3) is 0.333. The lowest BCUT2D eigenvalue weighted by molar-refractivity contribution is 0.330. The molecule has 0 radical (unpaired) electrons. The van der Waals surface area contributed by atoms with E-state index in [9.17, 15) is 0 Å². The third-order valence-electron chi connectivity index (χ3n) is 19.2. The van der Waals surface area contributed by atoms with Gasteiger partial charge in [0.15, 0.2) is 0 Å². The van der Waals surface area contributed by atoms with Crippen LogP contribution in [0.1, 0.15) is 150 Å². The quantitative estimate of drug-likeness (QED) is 0.163. The fourth-order valence-corrected chi connectivity index (χ4v) is 15.1. The highest BCUT2D eigenvalue weighted by molar-refractivity contribution is 7.00. The molecule has 0 aromatic heterocycles. The molecule has 3 nitrogen and oxygen atoms in total. The van der Waals surface area contributed by atoms with Gasteiger partial charge in [-0.05, 0) is 157 Å². The van der Waals surface area contributed by atoms with Crippen LogP contribution in [0.4, 0.5) is 45.5 Å². The lowest BCUT2D eigenvalue weighted by Crippen LogP contribution is -2.61. The van der Waals surface area contributed by atoms with Gasteiger partial charge < -0.3 is 14.7 Å². The van der Waals surface area contributed by atoms with Crippen LogP contribution in [0.3, 0.4) is 0 Å². The third kappa shape index (κ3) is 7.00. The Labute approximate surface area is 455 Å². The van der Waals surface area contributed by atoms with Gasteiger partial charge in [-0.2, -0.15) is 0 Å². The summed E-state index contributed by atoms with van der Waals surface area (Å²) in [4.78, 5) is 8.21. The second-order valence-electron chi connectivity index (χ2n) is 28.3. The molecular weight excluding hydrogens is 918 g/mol. The molecule has 0 amide bonds. The Morgan fingerprint density at radius 2 is 0.934 bits per heavy atom. The minimum Gasteiger partial charge on any atom is -0.334 e. The number of para-hydroxylation sites is 1. The maximum absolute atomic E-state index is 2.83. The van der Waals surface area contributed by atoms with Gasteiger partial charge in [-0.15, -0.1) is 0 Å². The molecule has 4 aliphatic heterocycles. The van der Waals surface area contributed by atoms with Crippen molar-refractivity contribution in [1.82, 2.24) is 0 Å². The molecule has 8 aromatic carbocycles. The molecule has 0 N–H and O–H groups in total. The first-order valence-electron chi connectivity index (χ1n) is 28.2. The number of fused-ring (bicyclic) bond motifs is 13. The number of rotatable bonds is 3. The molecule has 1 aliphatic carbocycles. The van der Waals surface area contributed by atoms with Gasteiger partial charge in [0.05, 0.1) is 16.9 Å². The van der Waals surface area contributed by atoms with Gasteiger partial charge in [0.25, 0.3) is 6.71 Å². The maximum atomic E-state index is 2.83. The van der Waals surface area contributed by atoms with E-state index in [1.54, 1.807) is 0 Å². The summed E-state index contributed by atoms with van der Waals surface area (Å²) in [6.07, 6.45) is 2.19. The number of nitrogens with zero attached hydrogens (tertiary/aromatic N) is 3. The summed E-state index contributed by atoms with van der Waals surface area (Å²) in [5.41, 5.74) is 26.6. The zero-order valence-electron chi connectivity index (χ0n) is 47.9. The standard InChI is InChI=1S/C72H76BN3/c1-66(2,3)47-29-33-58(53(37-47)45-22-17-16-18-23-45)74-61-27-20-19-26-56(61)73-57-32-28-51-40-62(57)75(59-34-30-48(67(4,5)6)38-54(59)46-24-21-25-50(36-46)70(51,12)13)64-42-52(41-63(74)65(64)73)76-60-35-31-49(68(7,8)9)39-55(60)71(14)43-69(10,11)44-72(71,76)15/h16-42H,43-44H2,1-15H3. The summed E-state index contributed by atoms with van der Waals surface area (Å²) >= 11 is 0. The van der Waals surface area contributed by atoms with Crippen molar-refractivity contribution in [3.63, 3.8) is 0 Å². The van der Waals surface area contributed by atoms with Gasteiger partial charge in [0.1, 0.15) is 0 Å². The Kier molecular flexibility index (Phi) is 10.2. The van der Waals surface area contributed by atoms with Crippen molar-refractivity contribution < 1.29 is 0 Å². The SMILES string of the molecule is CC1(C)CC2(C)c3cc(C(C)(C)C)ccc3N(c3cc4c5c(c3)N3c6cc(ccc6B5c5ccccc5N4c4ccc(C(C)(C)C)cc4-c4ccccc4)C(C)(C)c4cccc(c4)-c4cc(C(C)(C)C)ccc43)C2(C)C1. The molecule has 2 atom stereocenters. The van der Waals surface area contributed by atoms with Crippen molar-refractivity contribution in [3.05, 3.63) is 197 Å². The zero-order chi connectivity index (χ0) is 53.4. The number of hydrogen-bond donors (Lipinski definition) is 0. The number of anilines is 8. The lowest BCUT2D eigenvalue weighted by atomic mass is 9.33. The van der Waals surface area contributed by atoms with Crippen molar-refractivity contribution >= 4 is 68.6 Å². The van der Waals surface area contributed by atoms with E-state index in [-0.39, 0.29) is 44.7 Å². The van der Waals surface area contributed by atoms with Crippen molar-refractivity contribution in [2.75, 3.05) is 14.7 Å². The first-order valence-corrected chi connectivity index (χ1v) is 28.2. The number of hydrogen-bond acceptors (Lipinski definition) is 3. The topological polar surface area (TPSA) is 9.72 Å². The molecule has 382 valence electrons. The molecule has 0 spiro atoms. The van der Waals surface area contributed by atoms with Crippen molar-refractivity contribution in [3.8, 4) is 22.3 Å². The summed E-state index contributed by atoms with van der Waals surface area (Å²) < 4.78 is 0. The van der Waals surface area contributed by atoms with Crippen molar-refractivity contribution in [1.29, 1.82) is 0 Å². The summed E-state index contributed by atoms with van der Waals surface area (Å²) in [6.45, 7) is 36.2. The third-order valence-corrected chi connectivity index (χ3v) is 19.2. The first-order chi connectivity index (χ1) is 35.8. The Balaban J connectivity index is 1.19. The molecule has 0 saturated heterocycles. The second kappa shape index (κ2) is 15.9. The monoisotopic (exact) mass is 994 g/mol. The van der Waals surface area contributed by atoms with E-state index in [2.05, 4.69) is 282 Å². The largest absolute Gasteiger partial charge is 0.334 e. The predicted molar refractivity (Wildman–Crippen MR) is 327 cm³/mol. The van der Waals surface area contributed by atoms with E-state index in [4.69, 9.17) is 0 Å². The van der Waals surface area contributed by atoms with E-state index in [0.29, 0.717) is 0 Å². The maximum Gasteiger partial charge on any atom is 0.252 e. The van der Waals surface area contributed by atoms with Crippen molar-refractivity contribution in [2.45, 2.75) is 149 Å². The van der Waals surface area contributed by atoms with Gasteiger partial charge in [-0.3, -0.25) is 0 Å². The van der Waals surface area contributed by atoms with Crippen LogP contribution in [-0.2, 0) is 27.1 Å². The average Bonchev–Trinajstić information content (AvgIpc) is 3.93. The Bertz CT molecular complexity index is 3730.